The first-order chi connectivity index (χ1) is 12.8. The molecule has 2 aromatic carbocycles. The van der Waals surface area contributed by atoms with E-state index in [2.05, 4.69) is 20.8 Å². The molecular weight excluding hydrogens is 278 g/mol. The Labute approximate surface area is 147 Å². The highest BCUT2D eigenvalue weighted by molar-refractivity contribution is 5.86. The number of fused-ring (bicyclic) bond motifs is 1. The molecule has 0 atom stereocenters. The molecule has 0 spiro atoms. The van der Waals surface area contributed by atoms with Gasteiger partial charge in [0.2, 0.25) is 0 Å². The molecule has 0 aliphatic carbocycles. The predicted molar refractivity (Wildman–Crippen MR) is 101 cm³/mol. The Morgan fingerprint density at radius 3 is 2.00 bits per heavy atom. The Bertz CT molecular complexity index is 1060. The lowest BCUT2D eigenvalue weighted by Crippen LogP contribution is -2.11. The summed E-state index contributed by atoms with van der Waals surface area (Å²) in [7, 11) is 0. The van der Waals surface area contributed by atoms with Gasteiger partial charge >= 0.3 is 0 Å². The molecule has 0 bridgehead atoms. The average Bonchev–Trinajstić information content (AvgIpc) is 2.90. The Kier molecular flexibility index (Phi) is 2.45. The fraction of sp³-hybridized carbons (Fsp3) is 0.364. The highest BCUT2D eigenvalue weighted by Crippen LogP contribution is 2.33. The lowest BCUT2D eigenvalue weighted by atomic mass is 9.87. The molecule has 0 unspecified atom stereocenters. The van der Waals surface area contributed by atoms with Crippen molar-refractivity contribution in [2.75, 3.05) is 0 Å². The van der Waals surface area contributed by atoms with Crippen LogP contribution in [0.1, 0.15) is 59.5 Å². The lowest BCUT2D eigenvalue weighted by molar-refractivity contribution is 0.590. The minimum absolute atomic E-state index is 0.00104. The summed E-state index contributed by atoms with van der Waals surface area (Å²) in [5.74, 6) is 0. The van der Waals surface area contributed by atoms with Crippen LogP contribution >= 0.6 is 0 Å². The van der Waals surface area contributed by atoms with E-state index in [0.29, 0.717) is 16.5 Å². The molecule has 0 saturated heterocycles. The molecule has 0 N–H and O–H groups in total. The van der Waals surface area contributed by atoms with Gasteiger partial charge in [0.25, 0.3) is 0 Å². The number of para-hydroxylation sites is 1. The maximum Gasteiger partial charge on any atom is 0.0826 e. The molecular formula is C22H27N. The SMILES string of the molecule is [2H]c1c([2H])c([2H])c2c(c1[2H])c(C(C)(C)C)c([2H])n2-c1ccc(C(C)(C)C)cc1. The summed E-state index contributed by atoms with van der Waals surface area (Å²) in [6.45, 7) is 12.3. The summed E-state index contributed by atoms with van der Waals surface area (Å²) < 4.78 is 43.6. The first kappa shape index (κ1) is 10.7. The van der Waals surface area contributed by atoms with Crippen molar-refractivity contribution < 1.29 is 6.85 Å². The van der Waals surface area contributed by atoms with E-state index in [1.807, 2.05) is 45.0 Å². The van der Waals surface area contributed by atoms with Crippen LogP contribution in [0.3, 0.4) is 0 Å². The quantitative estimate of drug-likeness (QED) is 0.502. The number of hydrogen-bond donors (Lipinski definition) is 0. The largest absolute Gasteiger partial charge is 0.316 e. The average molecular weight is 310 g/mol. The van der Waals surface area contributed by atoms with Crippen molar-refractivity contribution in [3.63, 3.8) is 0 Å². The van der Waals surface area contributed by atoms with Gasteiger partial charge in [-0.3, -0.25) is 0 Å². The summed E-state index contributed by atoms with van der Waals surface area (Å²) in [5, 5.41) is 0.434. The zero-order chi connectivity index (χ0) is 21.2. The third-order valence-electron chi connectivity index (χ3n) is 4.11. The maximum atomic E-state index is 8.85. The summed E-state index contributed by atoms with van der Waals surface area (Å²) in [6, 6.07) is 7.15. The molecule has 3 aromatic rings. The van der Waals surface area contributed by atoms with Crippen molar-refractivity contribution in [3.8, 4) is 5.69 Å². The number of aromatic nitrogens is 1. The molecule has 1 aromatic heterocycles. The van der Waals surface area contributed by atoms with Gasteiger partial charge in [0.1, 0.15) is 0 Å². The zero-order valence-electron chi connectivity index (χ0n) is 19.8. The van der Waals surface area contributed by atoms with Crippen LogP contribution in [0.5, 0.6) is 0 Å². The molecule has 1 nitrogen and oxygen atoms in total. The van der Waals surface area contributed by atoms with Crippen molar-refractivity contribution in [2.24, 2.45) is 0 Å². The van der Waals surface area contributed by atoms with Gasteiger partial charge in [0.05, 0.1) is 12.4 Å². The van der Waals surface area contributed by atoms with Crippen molar-refractivity contribution in [1.29, 1.82) is 0 Å². The van der Waals surface area contributed by atoms with Gasteiger partial charge in [-0.25, -0.2) is 0 Å². The highest BCUT2D eigenvalue weighted by atomic mass is 15.0. The van der Waals surface area contributed by atoms with Crippen molar-refractivity contribution in [1.82, 2.24) is 4.57 Å². The molecule has 0 aliphatic heterocycles. The van der Waals surface area contributed by atoms with Gasteiger partial charge in [-0.1, -0.05) is 71.8 Å². The molecule has 3 rings (SSSR count). The Morgan fingerprint density at radius 2 is 1.43 bits per heavy atom. The standard InChI is InChI=1S/C22H27N/c1-21(2,3)16-11-13-17(14-12-16)23-15-19(22(4,5)6)18-9-7-8-10-20(18)23/h7-15H,1-6H3/i7D,8D,9D,10D,15D. The van der Waals surface area contributed by atoms with Gasteiger partial charge in [-0.2, -0.15) is 0 Å². The van der Waals surface area contributed by atoms with Crippen molar-refractivity contribution >= 4 is 10.9 Å². The van der Waals surface area contributed by atoms with Crippen molar-refractivity contribution in [3.05, 3.63) is 65.7 Å². The minimum Gasteiger partial charge on any atom is -0.316 e. The van der Waals surface area contributed by atoms with Gasteiger partial charge in [0, 0.05) is 17.2 Å². The van der Waals surface area contributed by atoms with E-state index in [-0.39, 0.29) is 35.8 Å². The molecule has 0 fully saturated rings. The van der Waals surface area contributed by atoms with Crippen LogP contribution in [0.15, 0.2) is 54.6 Å². The van der Waals surface area contributed by atoms with Gasteiger partial charge in [-0.15, -0.1) is 0 Å². The molecule has 120 valence electrons. The van der Waals surface area contributed by atoms with Crippen LogP contribution in [0.2, 0.25) is 0 Å². The van der Waals surface area contributed by atoms with E-state index in [1.165, 1.54) is 0 Å². The molecule has 0 aliphatic rings. The van der Waals surface area contributed by atoms with E-state index in [9.17, 15) is 0 Å². The van der Waals surface area contributed by atoms with E-state index in [0.717, 1.165) is 11.3 Å². The normalized spacial score (nSPS) is 15.8. The maximum absolute atomic E-state index is 8.85. The van der Waals surface area contributed by atoms with Crippen LogP contribution in [0, 0.1) is 0 Å². The Morgan fingerprint density at radius 1 is 0.826 bits per heavy atom. The molecule has 23 heavy (non-hydrogen) atoms. The number of rotatable bonds is 1. The van der Waals surface area contributed by atoms with Crippen LogP contribution < -0.4 is 0 Å². The second-order valence-corrected chi connectivity index (χ2v) is 8.09. The summed E-state index contributed by atoms with van der Waals surface area (Å²) in [6.07, 6.45) is 0.206. The topological polar surface area (TPSA) is 4.93 Å². The van der Waals surface area contributed by atoms with E-state index in [1.54, 1.807) is 4.57 Å². The second kappa shape index (κ2) is 5.26. The second-order valence-electron chi connectivity index (χ2n) is 8.09. The fourth-order valence-electron chi connectivity index (χ4n) is 2.72. The first-order valence-electron chi connectivity index (χ1n) is 10.5. The van der Waals surface area contributed by atoms with Gasteiger partial charge < -0.3 is 4.57 Å². The van der Waals surface area contributed by atoms with E-state index in [4.69, 9.17) is 6.85 Å². The molecule has 1 heterocycles. The molecule has 0 saturated carbocycles. The van der Waals surface area contributed by atoms with Gasteiger partial charge in [-0.05, 0) is 40.1 Å². The number of benzene rings is 2. The van der Waals surface area contributed by atoms with Gasteiger partial charge in [0.15, 0.2) is 0 Å². The van der Waals surface area contributed by atoms with Crippen LogP contribution in [-0.2, 0) is 10.8 Å². The van der Waals surface area contributed by atoms with Crippen LogP contribution in [0.4, 0.5) is 0 Å². The Balaban J connectivity index is 2.46. The fourth-order valence-corrected chi connectivity index (χ4v) is 2.72. The highest BCUT2D eigenvalue weighted by Gasteiger charge is 2.20. The summed E-state index contributed by atoms with van der Waals surface area (Å²) in [5.41, 5.74) is 2.45. The predicted octanol–water partition coefficient (Wildman–Crippen LogP) is 6.23. The van der Waals surface area contributed by atoms with Crippen molar-refractivity contribution in [2.45, 2.75) is 52.4 Å². The summed E-state index contributed by atoms with van der Waals surface area (Å²) in [4.78, 5) is 0. The van der Waals surface area contributed by atoms with Crippen LogP contribution in [0.25, 0.3) is 16.6 Å². The smallest absolute Gasteiger partial charge is 0.0826 e. The minimum atomic E-state index is -0.440. The Hall–Kier alpha value is -2.02. The lowest BCUT2D eigenvalue weighted by Gasteiger charge is -2.19. The molecule has 0 radical (unpaired) electrons. The zero-order valence-corrected chi connectivity index (χ0v) is 14.8. The number of hydrogen-bond acceptors (Lipinski definition) is 0. The van der Waals surface area contributed by atoms with E-state index >= 15 is 0 Å². The van der Waals surface area contributed by atoms with E-state index < -0.39 is 5.41 Å². The summed E-state index contributed by atoms with van der Waals surface area (Å²) >= 11 is 0. The third-order valence-corrected chi connectivity index (χ3v) is 4.11. The third kappa shape index (κ3) is 2.93. The number of nitrogens with zero attached hydrogens (tertiary/aromatic N) is 1. The first-order valence-corrected chi connectivity index (χ1v) is 7.99. The molecule has 1 heteroatoms. The van der Waals surface area contributed by atoms with Crippen LogP contribution in [-0.4, -0.2) is 4.57 Å². The monoisotopic (exact) mass is 310 g/mol. The molecule has 0 amide bonds.